The number of hydrogen-bond donors (Lipinski definition) is 4. The van der Waals surface area contributed by atoms with Gasteiger partial charge in [-0.25, -0.2) is 4.68 Å². The maximum absolute atomic E-state index is 10.4. The summed E-state index contributed by atoms with van der Waals surface area (Å²) in [4.78, 5) is 0. The molecule has 0 bridgehead atoms. The zero-order chi connectivity index (χ0) is 24.2. The smallest absolute Gasteiger partial charge is 0.239 e. The number of aliphatic hydroxyl groups is 4. The highest BCUT2D eigenvalue weighted by atomic mass is 16.7. The van der Waals surface area contributed by atoms with Gasteiger partial charge in [0, 0.05) is 17.7 Å². The highest BCUT2D eigenvalue weighted by molar-refractivity contribution is 5.43. The number of nitrogens with zero attached hydrogens (tertiary/aromatic N) is 2. The minimum atomic E-state index is -1.54. The van der Waals surface area contributed by atoms with Gasteiger partial charge < -0.3 is 34.6 Å². The van der Waals surface area contributed by atoms with Crippen LogP contribution in [0.2, 0.25) is 0 Å². The predicted octanol–water partition coefficient (Wildman–Crippen LogP) is 1.35. The zero-order valence-corrected chi connectivity index (χ0v) is 19.1. The molecule has 9 heteroatoms. The van der Waals surface area contributed by atoms with E-state index in [0.717, 1.165) is 28.3 Å². The van der Waals surface area contributed by atoms with Gasteiger partial charge in [-0.1, -0.05) is 30.3 Å². The molecule has 4 rings (SSSR count). The minimum Gasteiger partial charge on any atom is -0.494 e. The molecule has 1 fully saturated rings. The van der Waals surface area contributed by atoms with Crippen molar-refractivity contribution in [3.05, 3.63) is 71.4 Å². The maximum atomic E-state index is 10.4. The Kier molecular flexibility index (Phi) is 7.50. The van der Waals surface area contributed by atoms with Crippen LogP contribution in [0.1, 0.15) is 23.7 Å². The standard InChI is InChI=1S/C25H30N2O7/c1-3-32-18-11-9-16(10-12-18)13-19-15(2)27(17-7-5-4-6-8-17)26-24(19)34-25-23(31)22(30)21(29)20(14-28)33-25/h4-12,20-23,25,28-31H,3,13-14H2,1-2H3/t20-,21-,22+,23-,25+/m1/s1. The molecule has 1 aromatic heterocycles. The molecule has 0 aliphatic carbocycles. The molecule has 182 valence electrons. The highest BCUT2D eigenvalue weighted by Gasteiger charge is 2.45. The molecule has 3 aromatic rings. The zero-order valence-electron chi connectivity index (χ0n) is 19.1. The quantitative estimate of drug-likeness (QED) is 0.389. The van der Waals surface area contributed by atoms with Crippen LogP contribution in [0.15, 0.2) is 54.6 Å². The van der Waals surface area contributed by atoms with Crippen molar-refractivity contribution < 1.29 is 34.6 Å². The van der Waals surface area contributed by atoms with E-state index in [2.05, 4.69) is 5.10 Å². The molecule has 1 aliphatic rings. The number of rotatable bonds is 8. The van der Waals surface area contributed by atoms with Crippen molar-refractivity contribution in [1.29, 1.82) is 0 Å². The molecule has 2 aromatic carbocycles. The third-order valence-electron chi connectivity index (χ3n) is 5.90. The molecular weight excluding hydrogens is 440 g/mol. The fourth-order valence-electron chi connectivity index (χ4n) is 3.98. The van der Waals surface area contributed by atoms with Crippen LogP contribution in [-0.2, 0) is 11.2 Å². The lowest BCUT2D eigenvalue weighted by atomic mass is 9.99. The van der Waals surface area contributed by atoms with E-state index < -0.39 is 37.3 Å². The van der Waals surface area contributed by atoms with Crippen LogP contribution in [0.5, 0.6) is 11.6 Å². The number of benzene rings is 2. The molecule has 0 unspecified atom stereocenters. The summed E-state index contributed by atoms with van der Waals surface area (Å²) >= 11 is 0. The molecule has 1 saturated heterocycles. The van der Waals surface area contributed by atoms with Crippen LogP contribution in [-0.4, -0.2) is 74.1 Å². The lowest BCUT2D eigenvalue weighted by Gasteiger charge is -2.39. The van der Waals surface area contributed by atoms with Crippen molar-refractivity contribution in [2.75, 3.05) is 13.2 Å². The van der Waals surface area contributed by atoms with Gasteiger partial charge in [0.25, 0.3) is 0 Å². The van der Waals surface area contributed by atoms with Gasteiger partial charge in [0.1, 0.15) is 30.2 Å². The van der Waals surface area contributed by atoms with E-state index in [0.29, 0.717) is 13.0 Å². The topological polar surface area (TPSA) is 126 Å². The number of hydrogen-bond acceptors (Lipinski definition) is 8. The van der Waals surface area contributed by atoms with E-state index in [1.807, 2.05) is 68.4 Å². The average Bonchev–Trinajstić information content (AvgIpc) is 3.16. The second-order valence-corrected chi connectivity index (χ2v) is 8.19. The van der Waals surface area contributed by atoms with Crippen molar-refractivity contribution in [2.24, 2.45) is 0 Å². The Morgan fingerprint density at radius 3 is 2.32 bits per heavy atom. The predicted molar refractivity (Wildman–Crippen MR) is 123 cm³/mol. The summed E-state index contributed by atoms with van der Waals surface area (Å²) in [6.45, 7) is 3.89. The van der Waals surface area contributed by atoms with E-state index >= 15 is 0 Å². The normalized spacial score (nSPS) is 24.7. The van der Waals surface area contributed by atoms with E-state index in [9.17, 15) is 20.4 Å². The molecule has 1 aliphatic heterocycles. The first-order valence-electron chi connectivity index (χ1n) is 11.3. The molecule has 34 heavy (non-hydrogen) atoms. The number of para-hydroxylation sites is 1. The van der Waals surface area contributed by atoms with Crippen LogP contribution in [0.4, 0.5) is 0 Å². The van der Waals surface area contributed by atoms with Crippen molar-refractivity contribution in [3.8, 4) is 17.3 Å². The van der Waals surface area contributed by atoms with Gasteiger partial charge in [-0.15, -0.1) is 5.10 Å². The second-order valence-electron chi connectivity index (χ2n) is 8.19. The summed E-state index contributed by atoms with van der Waals surface area (Å²) in [5.41, 5.74) is 3.43. The van der Waals surface area contributed by atoms with Crippen LogP contribution in [0, 0.1) is 6.92 Å². The third kappa shape index (κ3) is 4.94. The number of aromatic nitrogens is 2. The summed E-state index contributed by atoms with van der Waals surface area (Å²) in [7, 11) is 0. The van der Waals surface area contributed by atoms with E-state index in [4.69, 9.17) is 14.2 Å². The molecule has 2 heterocycles. The van der Waals surface area contributed by atoms with Gasteiger partial charge in [-0.3, -0.25) is 0 Å². The molecule has 5 atom stereocenters. The first-order chi connectivity index (χ1) is 16.4. The van der Waals surface area contributed by atoms with Gasteiger partial charge in [-0.2, -0.15) is 0 Å². The average molecular weight is 471 g/mol. The van der Waals surface area contributed by atoms with Gasteiger partial charge >= 0.3 is 0 Å². The Balaban J connectivity index is 1.67. The summed E-state index contributed by atoms with van der Waals surface area (Å²) in [6.07, 6.45) is -6.45. The lowest BCUT2D eigenvalue weighted by molar-refractivity contribution is -0.278. The maximum Gasteiger partial charge on any atom is 0.239 e. The lowest BCUT2D eigenvalue weighted by Crippen LogP contribution is -2.60. The van der Waals surface area contributed by atoms with E-state index in [-0.39, 0.29) is 5.88 Å². The molecule has 9 nitrogen and oxygen atoms in total. The Bertz CT molecular complexity index is 1070. The minimum absolute atomic E-state index is 0.222. The Morgan fingerprint density at radius 1 is 0.971 bits per heavy atom. The van der Waals surface area contributed by atoms with E-state index in [1.165, 1.54) is 0 Å². The third-order valence-corrected chi connectivity index (χ3v) is 5.90. The Morgan fingerprint density at radius 2 is 1.68 bits per heavy atom. The monoisotopic (exact) mass is 470 g/mol. The van der Waals surface area contributed by atoms with Crippen LogP contribution < -0.4 is 9.47 Å². The van der Waals surface area contributed by atoms with Crippen LogP contribution >= 0.6 is 0 Å². The fourth-order valence-corrected chi connectivity index (χ4v) is 3.98. The SMILES string of the molecule is CCOc1ccc(Cc2c(O[C@@H]3O[C@H](CO)[C@@H](O)[C@H](O)[C@H]3O)nn(-c3ccccc3)c2C)cc1. The molecule has 0 spiro atoms. The first kappa shape index (κ1) is 24.2. The fraction of sp³-hybridized carbons (Fsp3) is 0.400. The largest absolute Gasteiger partial charge is 0.494 e. The molecule has 0 amide bonds. The Labute approximate surface area is 197 Å². The summed E-state index contributed by atoms with van der Waals surface area (Å²) < 4.78 is 18.8. The number of aliphatic hydroxyl groups excluding tert-OH is 4. The summed E-state index contributed by atoms with van der Waals surface area (Å²) in [6, 6.07) is 17.3. The van der Waals surface area contributed by atoms with Crippen LogP contribution in [0.25, 0.3) is 5.69 Å². The molecule has 4 N–H and O–H groups in total. The Hall–Kier alpha value is -2.95. The molecule has 0 radical (unpaired) electrons. The van der Waals surface area contributed by atoms with E-state index in [1.54, 1.807) is 4.68 Å². The van der Waals surface area contributed by atoms with Crippen molar-refractivity contribution in [2.45, 2.75) is 51.0 Å². The van der Waals surface area contributed by atoms with Crippen molar-refractivity contribution >= 4 is 0 Å². The number of ether oxygens (including phenoxy) is 3. The van der Waals surface area contributed by atoms with Crippen LogP contribution in [0.3, 0.4) is 0 Å². The van der Waals surface area contributed by atoms with Crippen molar-refractivity contribution in [1.82, 2.24) is 9.78 Å². The molecule has 0 saturated carbocycles. The summed E-state index contributed by atoms with van der Waals surface area (Å²) in [5.74, 6) is 1.00. The second kappa shape index (κ2) is 10.5. The van der Waals surface area contributed by atoms with Crippen molar-refractivity contribution in [3.63, 3.8) is 0 Å². The van der Waals surface area contributed by atoms with Gasteiger partial charge in [0.05, 0.1) is 18.9 Å². The molecular formula is C25H30N2O7. The highest BCUT2D eigenvalue weighted by Crippen LogP contribution is 2.31. The first-order valence-corrected chi connectivity index (χ1v) is 11.3. The van der Waals surface area contributed by atoms with Gasteiger partial charge in [0.2, 0.25) is 12.2 Å². The summed E-state index contributed by atoms with van der Waals surface area (Å²) in [5, 5.41) is 44.8. The van der Waals surface area contributed by atoms with Gasteiger partial charge in [-0.05, 0) is 43.7 Å². The van der Waals surface area contributed by atoms with Gasteiger partial charge in [0.15, 0.2) is 0 Å².